The van der Waals surface area contributed by atoms with Crippen molar-refractivity contribution in [2.75, 3.05) is 26.2 Å². The Kier molecular flexibility index (Phi) is 8.04. The van der Waals surface area contributed by atoms with Crippen molar-refractivity contribution in [3.63, 3.8) is 0 Å². The molecule has 1 aliphatic heterocycles. The van der Waals surface area contributed by atoms with Gasteiger partial charge in [-0.25, -0.2) is 4.79 Å². The lowest BCUT2D eigenvalue weighted by Crippen LogP contribution is -2.48. The summed E-state index contributed by atoms with van der Waals surface area (Å²) in [6.07, 6.45) is 2.75. The molecule has 2 unspecified atom stereocenters. The molecule has 3 N–H and O–H groups in total. The zero-order valence-corrected chi connectivity index (χ0v) is 14.1. The second-order valence-corrected chi connectivity index (χ2v) is 6.94. The van der Waals surface area contributed by atoms with Gasteiger partial charge in [0.25, 0.3) is 0 Å². The van der Waals surface area contributed by atoms with E-state index >= 15 is 0 Å². The lowest BCUT2D eigenvalue weighted by atomic mass is 9.98. The molecule has 0 saturated carbocycles. The van der Waals surface area contributed by atoms with Gasteiger partial charge in [0.15, 0.2) is 0 Å². The van der Waals surface area contributed by atoms with Crippen LogP contribution in [0.1, 0.15) is 47.0 Å². The van der Waals surface area contributed by atoms with E-state index < -0.39 is 6.10 Å². The molecule has 5 heteroatoms. The van der Waals surface area contributed by atoms with Crippen molar-refractivity contribution in [2.45, 2.75) is 59.1 Å². The number of rotatable bonds is 7. The number of nitrogens with zero attached hydrogens (tertiary/aromatic N) is 1. The highest BCUT2D eigenvalue weighted by molar-refractivity contribution is 5.73. The number of aliphatic hydroxyl groups excluding tert-OH is 1. The van der Waals surface area contributed by atoms with Crippen LogP contribution in [0.5, 0.6) is 0 Å². The van der Waals surface area contributed by atoms with E-state index in [1.165, 1.54) is 12.8 Å². The quantitative estimate of drug-likeness (QED) is 0.672. The Labute approximate surface area is 129 Å². The number of hydrogen-bond acceptors (Lipinski definition) is 3. The molecule has 2 amide bonds. The molecular weight excluding hydrogens is 266 g/mol. The van der Waals surface area contributed by atoms with Gasteiger partial charge in [-0.1, -0.05) is 20.8 Å². The Morgan fingerprint density at radius 3 is 2.33 bits per heavy atom. The largest absolute Gasteiger partial charge is 0.391 e. The molecule has 1 fully saturated rings. The molecule has 0 aromatic rings. The van der Waals surface area contributed by atoms with E-state index in [4.69, 9.17) is 0 Å². The van der Waals surface area contributed by atoms with Crippen molar-refractivity contribution in [1.29, 1.82) is 0 Å². The molecule has 124 valence electrons. The maximum absolute atomic E-state index is 11.7. The highest BCUT2D eigenvalue weighted by Crippen LogP contribution is 2.17. The molecule has 1 rings (SSSR count). The number of likely N-dealkylation sites (tertiary alicyclic amines) is 1. The third kappa shape index (κ3) is 7.67. The van der Waals surface area contributed by atoms with Gasteiger partial charge in [-0.05, 0) is 51.1 Å². The van der Waals surface area contributed by atoms with Crippen LogP contribution < -0.4 is 10.6 Å². The summed E-state index contributed by atoms with van der Waals surface area (Å²) in [5.41, 5.74) is 0. The van der Waals surface area contributed by atoms with Gasteiger partial charge in [0.1, 0.15) is 0 Å². The zero-order valence-electron chi connectivity index (χ0n) is 14.1. The number of hydrogen-bond donors (Lipinski definition) is 3. The fourth-order valence-electron chi connectivity index (χ4n) is 2.74. The topological polar surface area (TPSA) is 64.6 Å². The second kappa shape index (κ2) is 9.26. The SMILES string of the molecule is CC(C)CC(O)CNC(=O)NCC(C)N1CCC(C)CC1. The number of carbonyl (C=O) groups excluding carboxylic acids is 1. The Morgan fingerprint density at radius 2 is 1.76 bits per heavy atom. The van der Waals surface area contributed by atoms with Crippen LogP contribution in [-0.4, -0.2) is 54.4 Å². The van der Waals surface area contributed by atoms with Crippen LogP contribution in [0.4, 0.5) is 4.79 Å². The summed E-state index contributed by atoms with van der Waals surface area (Å²) in [7, 11) is 0. The molecule has 0 spiro atoms. The van der Waals surface area contributed by atoms with E-state index in [9.17, 15) is 9.90 Å². The van der Waals surface area contributed by atoms with E-state index in [2.05, 4.69) is 43.2 Å². The molecule has 1 heterocycles. The van der Waals surface area contributed by atoms with Crippen LogP contribution in [0.15, 0.2) is 0 Å². The number of carbonyl (C=O) groups is 1. The van der Waals surface area contributed by atoms with Gasteiger partial charge >= 0.3 is 6.03 Å². The van der Waals surface area contributed by atoms with Crippen molar-refractivity contribution in [3.05, 3.63) is 0 Å². The summed E-state index contributed by atoms with van der Waals surface area (Å²) in [6.45, 7) is 11.8. The first-order valence-corrected chi connectivity index (χ1v) is 8.32. The first-order chi connectivity index (χ1) is 9.88. The summed E-state index contributed by atoms with van der Waals surface area (Å²) >= 11 is 0. The first kappa shape index (κ1) is 18.2. The van der Waals surface area contributed by atoms with Gasteiger partial charge in [-0.15, -0.1) is 0 Å². The summed E-state index contributed by atoms with van der Waals surface area (Å²) in [5, 5.41) is 15.4. The number of urea groups is 1. The van der Waals surface area contributed by atoms with Gasteiger partial charge in [0.05, 0.1) is 6.10 Å². The maximum Gasteiger partial charge on any atom is 0.314 e. The van der Waals surface area contributed by atoms with Crippen LogP contribution in [-0.2, 0) is 0 Å². The normalized spacial score (nSPS) is 20.3. The minimum absolute atomic E-state index is 0.185. The fourth-order valence-corrected chi connectivity index (χ4v) is 2.74. The summed E-state index contributed by atoms with van der Waals surface area (Å²) < 4.78 is 0. The molecule has 1 aliphatic rings. The molecule has 21 heavy (non-hydrogen) atoms. The molecule has 1 saturated heterocycles. The van der Waals surface area contributed by atoms with E-state index in [-0.39, 0.29) is 6.03 Å². The van der Waals surface area contributed by atoms with Crippen LogP contribution in [0.25, 0.3) is 0 Å². The Hall–Kier alpha value is -0.810. The highest BCUT2D eigenvalue weighted by atomic mass is 16.3. The van der Waals surface area contributed by atoms with Crippen molar-refractivity contribution in [3.8, 4) is 0 Å². The van der Waals surface area contributed by atoms with Crippen molar-refractivity contribution in [2.24, 2.45) is 11.8 Å². The van der Waals surface area contributed by atoms with Gasteiger partial charge in [-0.3, -0.25) is 4.90 Å². The van der Waals surface area contributed by atoms with E-state index in [1.807, 2.05) is 0 Å². The van der Waals surface area contributed by atoms with Crippen LogP contribution in [0.2, 0.25) is 0 Å². The molecule has 0 aromatic heterocycles. The van der Waals surface area contributed by atoms with Gasteiger partial charge in [0, 0.05) is 19.1 Å². The summed E-state index contributed by atoms with van der Waals surface area (Å²) in [4.78, 5) is 14.2. The highest BCUT2D eigenvalue weighted by Gasteiger charge is 2.20. The summed E-state index contributed by atoms with van der Waals surface area (Å²) in [6, 6.07) is 0.180. The predicted octanol–water partition coefficient (Wildman–Crippen LogP) is 1.81. The van der Waals surface area contributed by atoms with Crippen molar-refractivity contribution >= 4 is 6.03 Å². The molecule has 2 atom stereocenters. The number of nitrogens with one attached hydrogen (secondary N) is 2. The van der Waals surface area contributed by atoms with Crippen molar-refractivity contribution in [1.82, 2.24) is 15.5 Å². The third-order valence-electron chi connectivity index (χ3n) is 4.24. The van der Waals surface area contributed by atoms with Crippen molar-refractivity contribution < 1.29 is 9.90 Å². The average molecular weight is 299 g/mol. The minimum Gasteiger partial charge on any atom is -0.391 e. The monoisotopic (exact) mass is 299 g/mol. The maximum atomic E-state index is 11.7. The molecule has 0 bridgehead atoms. The fraction of sp³-hybridized carbons (Fsp3) is 0.938. The van der Waals surface area contributed by atoms with Crippen LogP contribution >= 0.6 is 0 Å². The van der Waals surface area contributed by atoms with Gasteiger partial charge in [0.2, 0.25) is 0 Å². The van der Waals surface area contributed by atoms with E-state index in [0.717, 1.165) is 19.0 Å². The Morgan fingerprint density at radius 1 is 1.19 bits per heavy atom. The second-order valence-electron chi connectivity index (χ2n) is 6.94. The first-order valence-electron chi connectivity index (χ1n) is 8.32. The Balaban J connectivity index is 2.14. The average Bonchev–Trinajstić information content (AvgIpc) is 2.42. The number of piperidine rings is 1. The molecule has 0 aliphatic carbocycles. The van der Waals surface area contributed by atoms with E-state index in [0.29, 0.717) is 31.5 Å². The molecule has 0 aromatic carbocycles. The predicted molar refractivity (Wildman–Crippen MR) is 86.3 cm³/mol. The molecule has 5 nitrogen and oxygen atoms in total. The summed E-state index contributed by atoms with van der Waals surface area (Å²) in [5.74, 6) is 1.26. The van der Waals surface area contributed by atoms with Crippen LogP contribution in [0.3, 0.4) is 0 Å². The molecule has 0 radical (unpaired) electrons. The third-order valence-corrected chi connectivity index (χ3v) is 4.24. The van der Waals surface area contributed by atoms with Gasteiger partial charge < -0.3 is 15.7 Å². The smallest absolute Gasteiger partial charge is 0.314 e. The Bertz CT molecular complexity index is 302. The standard InChI is InChI=1S/C16H33N3O2/c1-12(2)9-15(20)11-18-16(21)17-10-14(4)19-7-5-13(3)6-8-19/h12-15,20H,5-11H2,1-4H3,(H2,17,18,21). The lowest BCUT2D eigenvalue weighted by Gasteiger charge is -2.35. The number of aliphatic hydroxyl groups is 1. The van der Waals surface area contributed by atoms with E-state index in [1.54, 1.807) is 0 Å². The molecular formula is C16H33N3O2. The minimum atomic E-state index is -0.461. The lowest BCUT2D eigenvalue weighted by molar-refractivity contribution is 0.140. The number of amides is 2. The van der Waals surface area contributed by atoms with Gasteiger partial charge in [-0.2, -0.15) is 0 Å². The van der Waals surface area contributed by atoms with Crippen LogP contribution in [0, 0.1) is 11.8 Å². The zero-order chi connectivity index (χ0) is 15.8.